The van der Waals surface area contributed by atoms with Crippen molar-refractivity contribution in [2.75, 3.05) is 38.2 Å². The van der Waals surface area contributed by atoms with Crippen LogP contribution < -0.4 is 16.0 Å². The summed E-state index contributed by atoms with van der Waals surface area (Å²) in [6, 6.07) is 20.3. The van der Waals surface area contributed by atoms with Crippen molar-refractivity contribution in [1.29, 1.82) is 0 Å². The van der Waals surface area contributed by atoms with Gasteiger partial charge in [0.05, 0.1) is 18.1 Å². The van der Waals surface area contributed by atoms with Crippen molar-refractivity contribution in [3.05, 3.63) is 78.4 Å². The number of sulfonamides is 1. The van der Waals surface area contributed by atoms with Crippen LogP contribution in [0.3, 0.4) is 0 Å². The molecule has 4 aromatic rings. The van der Waals surface area contributed by atoms with Gasteiger partial charge in [0.1, 0.15) is 11.6 Å². The molecule has 0 spiro atoms. The summed E-state index contributed by atoms with van der Waals surface area (Å²) in [5.74, 6) is -0.298. The van der Waals surface area contributed by atoms with E-state index in [-0.39, 0.29) is 42.1 Å². The third-order valence-corrected chi connectivity index (χ3v) is 11.7. The van der Waals surface area contributed by atoms with E-state index in [0.717, 1.165) is 18.4 Å². The number of carbonyl (C=O) groups is 3. The molecule has 1 aliphatic heterocycles. The summed E-state index contributed by atoms with van der Waals surface area (Å²) >= 11 is 0. The van der Waals surface area contributed by atoms with Crippen molar-refractivity contribution in [3.63, 3.8) is 0 Å². The Morgan fingerprint density at radius 3 is 2.36 bits per heavy atom. The van der Waals surface area contributed by atoms with Crippen molar-refractivity contribution in [1.82, 2.24) is 35.6 Å². The van der Waals surface area contributed by atoms with Gasteiger partial charge in [0, 0.05) is 48.8 Å². The molecule has 1 saturated heterocycles. The number of H-pyrrole nitrogens is 1. The van der Waals surface area contributed by atoms with Gasteiger partial charge < -0.3 is 25.4 Å². The first kappa shape index (κ1) is 39.5. The van der Waals surface area contributed by atoms with Crippen LogP contribution in [0, 0.1) is 11.8 Å². The molecule has 55 heavy (non-hydrogen) atoms. The number of morpholine rings is 1. The molecule has 1 atom stereocenters. The minimum Gasteiger partial charge on any atom is -0.444 e. The van der Waals surface area contributed by atoms with Gasteiger partial charge in [0.15, 0.2) is 0 Å². The highest BCUT2D eigenvalue weighted by molar-refractivity contribution is 7.89. The van der Waals surface area contributed by atoms with Crippen LogP contribution in [-0.2, 0) is 35.5 Å². The van der Waals surface area contributed by atoms with Crippen molar-refractivity contribution in [2.24, 2.45) is 11.8 Å². The standard InChI is InChI=1S/C39H48N8O7S/c1-39(2,3)54-38(50)40-25-26-11-13-29(14-12-26)36(48)42-33(37(49)41-31-17-15-28(16-18-31)35-43-45-46-44-35)24-27-7-6-8-30(23-27)32-9-4-5-10-34(32)55(51,52)47-19-21-53-22-20-47/h4-10,15-18,23,26,29,33H,11-14,19-22,24-25H2,1-3H3,(H,40,50)(H,41,49)(H,42,48)(H,43,44,45,46). The lowest BCUT2D eigenvalue weighted by molar-refractivity contribution is -0.130. The molecule has 2 aliphatic rings. The summed E-state index contributed by atoms with van der Waals surface area (Å²) in [7, 11) is -3.80. The van der Waals surface area contributed by atoms with Crippen LogP contribution >= 0.6 is 0 Å². The number of carbonyl (C=O) groups excluding carboxylic acids is 3. The van der Waals surface area contributed by atoms with Gasteiger partial charge in [0.2, 0.25) is 27.7 Å². The van der Waals surface area contributed by atoms with E-state index in [1.165, 1.54) is 4.31 Å². The Kier molecular flexibility index (Phi) is 12.6. The highest BCUT2D eigenvalue weighted by atomic mass is 32.2. The number of ether oxygens (including phenoxy) is 2. The molecule has 1 aromatic heterocycles. The van der Waals surface area contributed by atoms with Gasteiger partial charge in [-0.15, -0.1) is 10.2 Å². The van der Waals surface area contributed by atoms with Crippen molar-refractivity contribution < 1.29 is 32.3 Å². The molecule has 2 heterocycles. The number of anilines is 1. The number of amides is 3. The fourth-order valence-corrected chi connectivity index (χ4v) is 8.47. The lowest BCUT2D eigenvalue weighted by Crippen LogP contribution is -2.48. The molecular formula is C39H48N8O7S. The third-order valence-electron chi connectivity index (χ3n) is 9.69. The molecular weight excluding hydrogens is 725 g/mol. The van der Waals surface area contributed by atoms with Crippen molar-refractivity contribution in [3.8, 4) is 22.5 Å². The molecule has 1 unspecified atom stereocenters. The second-order valence-electron chi connectivity index (χ2n) is 14.9. The average molecular weight is 773 g/mol. The van der Waals surface area contributed by atoms with Gasteiger partial charge in [-0.1, -0.05) is 42.5 Å². The van der Waals surface area contributed by atoms with Crippen molar-refractivity contribution >= 4 is 33.6 Å². The summed E-state index contributed by atoms with van der Waals surface area (Å²) < 4.78 is 39.6. The van der Waals surface area contributed by atoms with Crippen LogP contribution in [0.4, 0.5) is 10.5 Å². The van der Waals surface area contributed by atoms with Crippen LogP contribution in [0.25, 0.3) is 22.5 Å². The Balaban J connectivity index is 1.18. The smallest absolute Gasteiger partial charge is 0.407 e. The summed E-state index contributed by atoms with van der Waals surface area (Å²) in [5.41, 5.74) is 2.59. The quantitative estimate of drug-likeness (QED) is 0.159. The van der Waals surface area contributed by atoms with E-state index in [9.17, 15) is 22.8 Å². The number of aromatic amines is 1. The molecule has 4 N–H and O–H groups in total. The van der Waals surface area contributed by atoms with E-state index in [1.54, 1.807) is 48.5 Å². The van der Waals surface area contributed by atoms with Gasteiger partial charge in [-0.3, -0.25) is 9.59 Å². The predicted octanol–water partition coefficient (Wildman–Crippen LogP) is 4.55. The first-order chi connectivity index (χ1) is 26.4. The van der Waals surface area contributed by atoms with Gasteiger partial charge in [-0.2, -0.15) is 9.52 Å². The monoisotopic (exact) mass is 772 g/mol. The van der Waals surface area contributed by atoms with E-state index in [0.29, 0.717) is 60.8 Å². The summed E-state index contributed by atoms with van der Waals surface area (Å²) in [6.07, 6.45) is 2.40. The number of rotatable bonds is 12. The zero-order valence-corrected chi connectivity index (χ0v) is 32.1. The number of nitrogens with one attached hydrogen (secondary N) is 4. The molecule has 1 aliphatic carbocycles. The number of hydrogen-bond acceptors (Lipinski definition) is 10. The average Bonchev–Trinajstić information content (AvgIpc) is 3.72. The number of alkyl carbamates (subject to hydrolysis) is 1. The third kappa shape index (κ3) is 10.5. The van der Waals surface area contributed by atoms with Gasteiger partial charge >= 0.3 is 6.09 Å². The molecule has 2 fully saturated rings. The molecule has 0 bridgehead atoms. The fraction of sp³-hybridized carbons (Fsp3) is 0.436. The highest BCUT2D eigenvalue weighted by Gasteiger charge is 2.32. The molecule has 1 saturated carbocycles. The van der Waals surface area contributed by atoms with Crippen molar-refractivity contribution in [2.45, 2.75) is 69.4 Å². The van der Waals surface area contributed by atoms with E-state index in [1.807, 2.05) is 45.0 Å². The summed E-state index contributed by atoms with van der Waals surface area (Å²) in [4.78, 5) is 40.1. The Morgan fingerprint density at radius 2 is 1.67 bits per heavy atom. The summed E-state index contributed by atoms with van der Waals surface area (Å²) in [5, 5.41) is 22.8. The van der Waals surface area contributed by atoms with E-state index in [4.69, 9.17) is 9.47 Å². The van der Waals surface area contributed by atoms with Crippen LogP contribution in [0.5, 0.6) is 0 Å². The number of aromatic nitrogens is 4. The zero-order chi connectivity index (χ0) is 39.0. The minimum absolute atomic E-state index is 0.153. The lowest BCUT2D eigenvalue weighted by atomic mass is 9.81. The first-order valence-corrected chi connectivity index (χ1v) is 20.0. The normalized spacial score (nSPS) is 18.5. The highest BCUT2D eigenvalue weighted by Crippen LogP contribution is 2.32. The Labute approximate surface area is 321 Å². The SMILES string of the molecule is CC(C)(C)OC(=O)NCC1CCC(C(=O)NC(Cc2cccc(-c3ccccc3S(=O)(=O)N3CCOCC3)c2)C(=O)Nc2ccc(-c3nn[nH]n3)cc2)CC1. The van der Waals surface area contributed by atoms with Crippen LogP contribution in [-0.4, -0.2) is 95.7 Å². The predicted molar refractivity (Wildman–Crippen MR) is 205 cm³/mol. The molecule has 3 aromatic carbocycles. The Bertz CT molecular complexity index is 2040. The molecule has 292 valence electrons. The van der Waals surface area contributed by atoms with Gasteiger partial charge in [-0.05, 0) is 99.0 Å². The molecule has 16 heteroatoms. The number of tetrazole rings is 1. The largest absolute Gasteiger partial charge is 0.444 e. The van der Waals surface area contributed by atoms with E-state index < -0.39 is 33.7 Å². The molecule has 6 rings (SSSR count). The summed E-state index contributed by atoms with van der Waals surface area (Å²) in [6.45, 7) is 7.13. The van der Waals surface area contributed by atoms with Crippen LogP contribution in [0.1, 0.15) is 52.0 Å². The van der Waals surface area contributed by atoms with Gasteiger partial charge in [0.25, 0.3) is 0 Å². The minimum atomic E-state index is -3.80. The Hall–Kier alpha value is -5.19. The number of nitrogens with zero attached hydrogens (tertiary/aromatic N) is 4. The fourth-order valence-electron chi connectivity index (χ4n) is 6.84. The maximum Gasteiger partial charge on any atom is 0.407 e. The second kappa shape index (κ2) is 17.5. The maximum atomic E-state index is 14.0. The van der Waals surface area contributed by atoms with Gasteiger partial charge in [-0.25, -0.2) is 13.2 Å². The first-order valence-electron chi connectivity index (χ1n) is 18.5. The van der Waals surface area contributed by atoms with Crippen LogP contribution in [0.15, 0.2) is 77.7 Å². The molecule has 0 radical (unpaired) electrons. The Morgan fingerprint density at radius 1 is 0.945 bits per heavy atom. The molecule has 15 nitrogen and oxygen atoms in total. The van der Waals surface area contributed by atoms with E-state index >= 15 is 0 Å². The van der Waals surface area contributed by atoms with E-state index in [2.05, 4.69) is 36.6 Å². The number of benzene rings is 3. The maximum absolute atomic E-state index is 14.0. The number of hydrogen-bond donors (Lipinski definition) is 4. The zero-order valence-electron chi connectivity index (χ0n) is 31.3. The molecule has 3 amide bonds. The van der Waals surface area contributed by atoms with Crippen LogP contribution in [0.2, 0.25) is 0 Å². The second-order valence-corrected chi connectivity index (χ2v) is 16.8. The topological polar surface area (TPSA) is 198 Å². The lowest BCUT2D eigenvalue weighted by Gasteiger charge is -2.29.